The normalized spacial score (nSPS) is 32.8. The zero-order chi connectivity index (χ0) is 15.5. The molecule has 0 radical (unpaired) electrons. The molecule has 3 rings (SSSR count). The van der Waals surface area contributed by atoms with E-state index in [0.29, 0.717) is 24.8 Å². The number of piperidine rings is 1. The Bertz CT molecular complexity index is 431. The summed E-state index contributed by atoms with van der Waals surface area (Å²) in [6, 6.07) is 1.38. The lowest BCUT2D eigenvalue weighted by Crippen LogP contribution is -2.31. The first-order valence-corrected chi connectivity index (χ1v) is 7.58. The number of fused-ring (bicyclic) bond motifs is 1. The van der Waals surface area contributed by atoms with E-state index < -0.39 is 6.04 Å². The largest absolute Gasteiger partial charge is 0.356 e. The van der Waals surface area contributed by atoms with Crippen LogP contribution in [0.25, 0.3) is 0 Å². The van der Waals surface area contributed by atoms with E-state index >= 15 is 0 Å². The van der Waals surface area contributed by atoms with Gasteiger partial charge in [0.25, 0.3) is 0 Å². The third-order valence-electron chi connectivity index (χ3n) is 5.12. The van der Waals surface area contributed by atoms with Gasteiger partial charge in [0.1, 0.15) is 6.04 Å². The fraction of sp³-hybridized carbons (Fsp3) is 0.800. The van der Waals surface area contributed by atoms with Crippen LogP contribution in [-0.4, -0.2) is 38.0 Å². The van der Waals surface area contributed by atoms with E-state index in [1.54, 1.807) is 0 Å². The van der Waals surface area contributed by atoms with Gasteiger partial charge in [-0.15, -0.1) is 0 Å². The van der Waals surface area contributed by atoms with E-state index in [2.05, 4.69) is 29.8 Å². The van der Waals surface area contributed by atoms with Crippen LogP contribution in [0.15, 0.2) is 0 Å². The summed E-state index contributed by atoms with van der Waals surface area (Å²) in [7, 11) is 0. The van der Waals surface area contributed by atoms with E-state index in [9.17, 15) is 9.59 Å². The van der Waals surface area contributed by atoms with Crippen molar-refractivity contribution in [3.63, 3.8) is 0 Å². The van der Waals surface area contributed by atoms with Gasteiger partial charge in [0.05, 0.1) is 6.07 Å². The molecule has 6 nitrogen and oxygen atoms in total. The molecule has 0 bridgehead atoms. The standard InChI is InChI=1S/C8H11N3O2.C7H13N/c9-4-7(11-5-12)3-6-1-2-10-8(6)13;1-7(2)5-3-8-4-6(5)7/h5-7H,1-3H2,(H,10,13)(H,11,12);5-6,8H,3-4H2,1-2H3/t6-,7-;/m0./s1. The number of hydrogen-bond acceptors (Lipinski definition) is 4. The van der Waals surface area contributed by atoms with E-state index in [1.165, 1.54) is 13.1 Å². The molecule has 2 amide bonds. The van der Waals surface area contributed by atoms with Crippen LogP contribution >= 0.6 is 0 Å². The van der Waals surface area contributed by atoms with Crippen LogP contribution < -0.4 is 16.0 Å². The summed E-state index contributed by atoms with van der Waals surface area (Å²) in [5.41, 5.74) is 0.700. The minimum Gasteiger partial charge on any atom is -0.356 e. The van der Waals surface area contributed by atoms with E-state index in [0.717, 1.165) is 18.3 Å². The predicted octanol–water partition coefficient (Wildman–Crippen LogP) is 0.0126. The summed E-state index contributed by atoms with van der Waals surface area (Å²) in [4.78, 5) is 21.2. The molecule has 4 atom stereocenters. The Kier molecular flexibility index (Phi) is 4.84. The number of rotatable bonds is 4. The van der Waals surface area contributed by atoms with E-state index in [1.807, 2.05) is 6.07 Å². The number of carbonyl (C=O) groups excluding carboxylic acids is 2. The molecule has 116 valence electrons. The van der Waals surface area contributed by atoms with Gasteiger partial charge in [-0.3, -0.25) is 9.59 Å². The van der Waals surface area contributed by atoms with Crippen molar-refractivity contribution in [2.75, 3.05) is 19.6 Å². The molecule has 3 N–H and O–H groups in total. The highest BCUT2D eigenvalue weighted by molar-refractivity contribution is 5.80. The Balaban J connectivity index is 0.000000170. The lowest BCUT2D eigenvalue weighted by molar-refractivity contribution is -0.123. The topological polar surface area (TPSA) is 94.0 Å². The van der Waals surface area contributed by atoms with Gasteiger partial charge in [0.2, 0.25) is 12.3 Å². The lowest BCUT2D eigenvalue weighted by Gasteiger charge is -2.10. The number of amides is 2. The zero-order valence-electron chi connectivity index (χ0n) is 12.7. The number of nitrogens with zero attached hydrogens (tertiary/aromatic N) is 1. The Hall–Kier alpha value is -1.61. The van der Waals surface area contributed by atoms with Crippen molar-refractivity contribution >= 4 is 12.3 Å². The Morgan fingerprint density at radius 3 is 2.52 bits per heavy atom. The van der Waals surface area contributed by atoms with Crippen molar-refractivity contribution < 1.29 is 9.59 Å². The summed E-state index contributed by atoms with van der Waals surface area (Å²) in [6.45, 7) is 7.98. The van der Waals surface area contributed by atoms with Crippen molar-refractivity contribution in [2.24, 2.45) is 23.2 Å². The van der Waals surface area contributed by atoms with Crippen molar-refractivity contribution in [3.8, 4) is 6.07 Å². The average molecular weight is 292 g/mol. The quantitative estimate of drug-likeness (QED) is 0.636. The van der Waals surface area contributed by atoms with Crippen molar-refractivity contribution in [3.05, 3.63) is 0 Å². The molecule has 1 saturated carbocycles. The summed E-state index contributed by atoms with van der Waals surface area (Å²) < 4.78 is 0. The lowest BCUT2D eigenvalue weighted by atomic mass is 9.99. The van der Waals surface area contributed by atoms with Crippen molar-refractivity contribution in [2.45, 2.75) is 32.7 Å². The first kappa shape index (κ1) is 15.8. The Morgan fingerprint density at radius 1 is 1.48 bits per heavy atom. The number of nitriles is 1. The van der Waals surface area contributed by atoms with Gasteiger partial charge in [-0.05, 0) is 43.2 Å². The van der Waals surface area contributed by atoms with Crippen LogP contribution in [0.5, 0.6) is 0 Å². The fourth-order valence-corrected chi connectivity index (χ4v) is 3.46. The Morgan fingerprint density at radius 2 is 2.14 bits per heavy atom. The van der Waals surface area contributed by atoms with Crippen LogP contribution in [-0.2, 0) is 9.59 Å². The third-order valence-corrected chi connectivity index (χ3v) is 5.12. The summed E-state index contributed by atoms with van der Waals surface area (Å²) in [5, 5.41) is 17.0. The van der Waals surface area contributed by atoms with E-state index in [4.69, 9.17) is 5.26 Å². The second-order valence-electron chi connectivity index (χ2n) is 6.67. The molecule has 2 heterocycles. The molecule has 2 saturated heterocycles. The average Bonchev–Trinajstić information content (AvgIpc) is 2.92. The van der Waals surface area contributed by atoms with Crippen LogP contribution in [0, 0.1) is 34.5 Å². The molecule has 6 heteroatoms. The van der Waals surface area contributed by atoms with Gasteiger partial charge in [0.15, 0.2) is 0 Å². The second kappa shape index (κ2) is 6.44. The first-order chi connectivity index (χ1) is 10.0. The number of nitrogens with one attached hydrogen (secondary N) is 3. The van der Waals surface area contributed by atoms with Crippen LogP contribution in [0.3, 0.4) is 0 Å². The smallest absolute Gasteiger partial charge is 0.223 e. The highest BCUT2D eigenvalue weighted by atomic mass is 16.2. The maximum atomic E-state index is 11.1. The molecule has 3 fully saturated rings. The molecular weight excluding hydrogens is 268 g/mol. The van der Waals surface area contributed by atoms with E-state index in [-0.39, 0.29) is 11.8 Å². The van der Waals surface area contributed by atoms with Gasteiger partial charge in [0, 0.05) is 12.5 Å². The van der Waals surface area contributed by atoms with Gasteiger partial charge in [-0.25, -0.2) is 0 Å². The van der Waals surface area contributed by atoms with Gasteiger partial charge < -0.3 is 16.0 Å². The van der Waals surface area contributed by atoms with Crippen LogP contribution in [0.1, 0.15) is 26.7 Å². The molecule has 0 spiro atoms. The minimum atomic E-state index is -0.550. The first-order valence-electron chi connectivity index (χ1n) is 7.58. The second-order valence-corrected chi connectivity index (χ2v) is 6.67. The molecule has 0 aromatic carbocycles. The van der Waals surface area contributed by atoms with Crippen molar-refractivity contribution in [1.82, 2.24) is 16.0 Å². The molecule has 0 aromatic rings. The molecule has 3 aliphatic rings. The van der Waals surface area contributed by atoms with Crippen molar-refractivity contribution in [1.29, 1.82) is 5.26 Å². The van der Waals surface area contributed by atoms with Gasteiger partial charge >= 0.3 is 0 Å². The summed E-state index contributed by atoms with van der Waals surface area (Å²) >= 11 is 0. The highest BCUT2D eigenvalue weighted by Gasteiger charge is 2.59. The maximum absolute atomic E-state index is 11.1. The molecular formula is C15H24N4O2. The molecule has 1 aliphatic carbocycles. The number of hydrogen-bond donors (Lipinski definition) is 3. The monoisotopic (exact) mass is 292 g/mol. The highest BCUT2D eigenvalue weighted by Crippen LogP contribution is 2.59. The van der Waals surface area contributed by atoms with Gasteiger partial charge in [-0.2, -0.15) is 5.26 Å². The molecule has 2 unspecified atom stereocenters. The predicted molar refractivity (Wildman–Crippen MR) is 78.0 cm³/mol. The summed E-state index contributed by atoms with van der Waals surface area (Å²) in [6.07, 6.45) is 1.64. The zero-order valence-corrected chi connectivity index (χ0v) is 12.7. The fourth-order valence-electron chi connectivity index (χ4n) is 3.46. The Labute approximate surface area is 125 Å². The summed E-state index contributed by atoms with van der Waals surface area (Å²) in [5.74, 6) is 1.88. The maximum Gasteiger partial charge on any atom is 0.223 e. The van der Waals surface area contributed by atoms with Gasteiger partial charge in [-0.1, -0.05) is 13.8 Å². The number of carbonyl (C=O) groups is 2. The molecule has 21 heavy (non-hydrogen) atoms. The third kappa shape index (κ3) is 3.53. The molecule has 0 aromatic heterocycles. The van der Waals surface area contributed by atoms with Crippen LogP contribution in [0.4, 0.5) is 0 Å². The SMILES string of the molecule is CC1(C)C2CNCC21.N#C[C@H](C[C@@H]1CCNC1=O)NC=O. The minimum absolute atomic E-state index is 0.0204. The van der Waals surface area contributed by atoms with Crippen LogP contribution in [0.2, 0.25) is 0 Å². The molecule has 2 aliphatic heterocycles.